The standard InChI is InChI=1S/C22H26N6O/c1-4-5-18-20-19(15-6-8-16(9-7-15)27-11-10-25-13-27)17(12-23)21(24)29-22(20)28(26-18)14(2)3/h6-11,13-14,18-19,26H,4-5,24H2,1-3H3. The molecule has 2 unspecified atom stereocenters. The summed E-state index contributed by atoms with van der Waals surface area (Å²) in [5.74, 6) is 0.687. The van der Waals surface area contributed by atoms with Gasteiger partial charge in [-0.15, -0.1) is 0 Å². The van der Waals surface area contributed by atoms with E-state index in [0.29, 0.717) is 5.57 Å². The maximum Gasteiger partial charge on any atom is 0.214 e. The summed E-state index contributed by atoms with van der Waals surface area (Å²) in [5, 5.41) is 11.9. The SMILES string of the molecule is CCCC1NN(C(C)C)C2=C1C(c1ccc(-n3ccnc3)cc1)C(C#N)=C(N)O2. The maximum atomic E-state index is 9.87. The van der Waals surface area contributed by atoms with E-state index in [1.807, 2.05) is 27.9 Å². The van der Waals surface area contributed by atoms with Gasteiger partial charge in [-0.05, 0) is 38.0 Å². The van der Waals surface area contributed by atoms with Gasteiger partial charge >= 0.3 is 0 Å². The lowest BCUT2D eigenvalue weighted by molar-refractivity contribution is 0.0995. The molecule has 1 aromatic carbocycles. The van der Waals surface area contributed by atoms with Gasteiger partial charge in [-0.25, -0.2) is 10.4 Å². The monoisotopic (exact) mass is 390 g/mol. The van der Waals surface area contributed by atoms with Gasteiger partial charge in [0.25, 0.3) is 0 Å². The highest BCUT2D eigenvalue weighted by atomic mass is 16.5. The van der Waals surface area contributed by atoms with Crippen LogP contribution in [0.3, 0.4) is 0 Å². The number of rotatable bonds is 5. The molecule has 7 nitrogen and oxygen atoms in total. The summed E-state index contributed by atoms with van der Waals surface area (Å²) >= 11 is 0. The predicted octanol–water partition coefficient (Wildman–Crippen LogP) is 3.29. The molecule has 4 rings (SSSR count). The molecule has 0 aliphatic carbocycles. The van der Waals surface area contributed by atoms with Crippen LogP contribution >= 0.6 is 0 Å². The van der Waals surface area contributed by atoms with E-state index >= 15 is 0 Å². The second-order valence-electron chi connectivity index (χ2n) is 7.68. The summed E-state index contributed by atoms with van der Waals surface area (Å²) in [6.07, 6.45) is 7.39. The predicted molar refractivity (Wildman–Crippen MR) is 110 cm³/mol. The summed E-state index contributed by atoms with van der Waals surface area (Å²) in [7, 11) is 0. The molecule has 0 bridgehead atoms. The number of hydrogen-bond donors (Lipinski definition) is 2. The van der Waals surface area contributed by atoms with Gasteiger partial charge in [-0.3, -0.25) is 5.01 Å². The van der Waals surface area contributed by atoms with Gasteiger partial charge in [0.2, 0.25) is 11.8 Å². The Labute approximate surface area is 171 Å². The van der Waals surface area contributed by atoms with Crippen LogP contribution in [0.25, 0.3) is 5.69 Å². The molecule has 7 heteroatoms. The summed E-state index contributed by atoms with van der Waals surface area (Å²) in [4.78, 5) is 4.10. The zero-order chi connectivity index (χ0) is 20.5. The highest BCUT2D eigenvalue weighted by Gasteiger charge is 2.43. The number of benzene rings is 1. The lowest BCUT2D eigenvalue weighted by Gasteiger charge is -2.30. The largest absolute Gasteiger partial charge is 0.423 e. The quantitative estimate of drug-likeness (QED) is 0.814. The maximum absolute atomic E-state index is 9.87. The number of nitrogens with two attached hydrogens (primary N) is 1. The van der Waals surface area contributed by atoms with E-state index in [-0.39, 0.29) is 23.9 Å². The number of aromatic nitrogens is 2. The molecule has 3 heterocycles. The van der Waals surface area contributed by atoms with Crippen LogP contribution in [0.5, 0.6) is 0 Å². The van der Waals surface area contributed by atoms with E-state index in [1.165, 1.54) is 0 Å². The van der Waals surface area contributed by atoms with E-state index in [2.05, 4.69) is 49.4 Å². The molecule has 2 aliphatic heterocycles. The van der Waals surface area contributed by atoms with Gasteiger partial charge in [-0.2, -0.15) is 5.26 Å². The number of allylic oxidation sites excluding steroid dienone is 1. The molecule has 150 valence electrons. The summed E-state index contributed by atoms with van der Waals surface area (Å²) in [5.41, 5.74) is 13.3. The number of ether oxygens (including phenoxy) is 1. The third-order valence-electron chi connectivity index (χ3n) is 5.45. The molecule has 2 atom stereocenters. The molecule has 3 N–H and O–H groups in total. The molecular weight excluding hydrogens is 364 g/mol. The van der Waals surface area contributed by atoms with Crippen molar-refractivity contribution < 1.29 is 4.74 Å². The van der Waals surface area contributed by atoms with Crippen LogP contribution in [0.1, 0.15) is 45.1 Å². The normalized spacial score (nSPS) is 21.4. The van der Waals surface area contributed by atoms with Gasteiger partial charge in [-0.1, -0.05) is 25.5 Å². The second kappa shape index (κ2) is 7.64. The van der Waals surface area contributed by atoms with Crippen LogP contribution in [-0.4, -0.2) is 26.6 Å². The van der Waals surface area contributed by atoms with Crippen molar-refractivity contribution in [3.8, 4) is 11.8 Å². The van der Waals surface area contributed by atoms with Crippen LogP contribution in [0.15, 0.2) is 65.9 Å². The van der Waals surface area contributed by atoms with Crippen molar-refractivity contribution in [2.75, 3.05) is 0 Å². The van der Waals surface area contributed by atoms with Crippen molar-refractivity contribution in [2.24, 2.45) is 5.73 Å². The Morgan fingerprint density at radius 1 is 1.31 bits per heavy atom. The van der Waals surface area contributed by atoms with Crippen molar-refractivity contribution in [1.29, 1.82) is 5.26 Å². The Morgan fingerprint density at radius 2 is 2.07 bits per heavy atom. The van der Waals surface area contributed by atoms with E-state index in [1.54, 1.807) is 12.5 Å². The van der Waals surface area contributed by atoms with Crippen LogP contribution < -0.4 is 11.2 Å². The highest BCUT2D eigenvalue weighted by Crippen LogP contribution is 2.45. The summed E-state index contributed by atoms with van der Waals surface area (Å²) < 4.78 is 7.91. The van der Waals surface area contributed by atoms with Crippen molar-refractivity contribution in [2.45, 2.75) is 51.6 Å². The minimum absolute atomic E-state index is 0.104. The third-order valence-corrected chi connectivity index (χ3v) is 5.45. The van der Waals surface area contributed by atoms with E-state index in [4.69, 9.17) is 10.5 Å². The van der Waals surface area contributed by atoms with Crippen molar-refractivity contribution in [3.05, 3.63) is 71.5 Å². The highest BCUT2D eigenvalue weighted by molar-refractivity contribution is 5.52. The molecular formula is C22H26N6O. The Bertz CT molecular complexity index is 981. The number of nitrogens with one attached hydrogen (secondary N) is 1. The Kier molecular flexibility index (Phi) is 5.03. The van der Waals surface area contributed by atoms with Gasteiger partial charge in [0.05, 0.1) is 18.3 Å². The first-order valence-corrected chi connectivity index (χ1v) is 10.0. The number of hydrogen-bond acceptors (Lipinski definition) is 6. The van der Waals surface area contributed by atoms with E-state index < -0.39 is 0 Å². The molecule has 0 fully saturated rings. The fraction of sp³-hybridized carbons (Fsp3) is 0.364. The molecule has 0 amide bonds. The average Bonchev–Trinajstić information content (AvgIpc) is 3.36. The molecule has 0 saturated carbocycles. The third kappa shape index (κ3) is 3.26. The van der Waals surface area contributed by atoms with Crippen molar-refractivity contribution in [1.82, 2.24) is 20.0 Å². The van der Waals surface area contributed by atoms with Crippen LogP contribution in [0.2, 0.25) is 0 Å². The zero-order valence-electron chi connectivity index (χ0n) is 17.0. The summed E-state index contributed by atoms with van der Waals surface area (Å²) in [6, 6.07) is 10.8. The molecule has 0 saturated heterocycles. The Hall–Kier alpha value is -3.24. The lowest BCUT2D eigenvalue weighted by Crippen LogP contribution is -2.42. The Balaban J connectivity index is 1.80. The van der Waals surface area contributed by atoms with Crippen molar-refractivity contribution >= 4 is 0 Å². The fourth-order valence-corrected chi connectivity index (χ4v) is 4.08. The molecule has 0 radical (unpaired) electrons. The fourth-order valence-electron chi connectivity index (χ4n) is 4.08. The number of nitriles is 1. The zero-order valence-corrected chi connectivity index (χ0v) is 17.0. The van der Waals surface area contributed by atoms with Crippen molar-refractivity contribution in [3.63, 3.8) is 0 Å². The van der Waals surface area contributed by atoms with Crippen LogP contribution in [0, 0.1) is 11.3 Å². The number of imidazole rings is 1. The number of hydrazine groups is 1. The minimum atomic E-state index is -0.228. The topological polar surface area (TPSA) is 92.1 Å². The van der Waals surface area contributed by atoms with E-state index in [0.717, 1.165) is 35.5 Å². The first-order chi connectivity index (χ1) is 14.0. The van der Waals surface area contributed by atoms with Crippen LogP contribution in [-0.2, 0) is 4.74 Å². The average molecular weight is 390 g/mol. The molecule has 1 aromatic heterocycles. The van der Waals surface area contributed by atoms with Gasteiger partial charge in [0.15, 0.2) is 0 Å². The van der Waals surface area contributed by atoms with E-state index in [9.17, 15) is 5.26 Å². The van der Waals surface area contributed by atoms with Crippen LogP contribution in [0.4, 0.5) is 0 Å². The second-order valence-corrected chi connectivity index (χ2v) is 7.68. The first kappa shape index (κ1) is 19.1. The molecule has 2 aliphatic rings. The van der Waals surface area contributed by atoms with Gasteiger partial charge < -0.3 is 15.0 Å². The lowest BCUT2D eigenvalue weighted by atomic mass is 9.80. The van der Waals surface area contributed by atoms with Gasteiger partial charge in [0.1, 0.15) is 11.6 Å². The first-order valence-electron chi connectivity index (χ1n) is 10.0. The molecule has 0 spiro atoms. The molecule has 29 heavy (non-hydrogen) atoms. The Morgan fingerprint density at radius 3 is 2.66 bits per heavy atom. The summed E-state index contributed by atoms with van der Waals surface area (Å²) in [6.45, 7) is 6.36. The van der Waals surface area contributed by atoms with Gasteiger partial charge in [0, 0.05) is 29.7 Å². The minimum Gasteiger partial charge on any atom is -0.423 e. The smallest absolute Gasteiger partial charge is 0.214 e. The molecule has 2 aromatic rings. The number of nitrogens with zero attached hydrogens (tertiary/aromatic N) is 4.